The van der Waals surface area contributed by atoms with Crippen molar-refractivity contribution < 1.29 is 10.0 Å². The van der Waals surface area contributed by atoms with Gasteiger partial charge in [-0.15, -0.1) is 11.8 Å². The first-order chi connectivity index (χ1) is 9.03. The summed E-state index contributed by atoms with van der Waals surface area (Å²) in [7, 11) is 1.74. The molecule has 0 aromatic rings. The maximum Gasteiger partial charge on any atom is 0.289 e. The number of likely N-dealkylation sites (N-methyl/N-ethyl adjacent to an activating group) is 1. The maximum atomic E-state index is 10.9. The summed E-state index contributed by atoms with van der Waals surface area (Å²) in [5.41, 5.74) is 0.0295. The number of nitrogens with one attached hydrogen (secondary N) is 1. The van der Waals surface area contributed by atoms with Gasteiger partial charge in [0.05, 0.1) is 16.9 Å². The molecule has 0 aromatic carbocycles. The van der Waals surface area contributed by atoms with Crippen molar-refractivity contribution in [3.63, 3.8) is 0 Å². The monoisotopic (exact) mass is 306 g/mol. The van der Waals surface area contributed by atoms with Crippen LogP contribution in [0.4, 0.5) is 0 Å². The van der Waals surface area contributed by atoms with Crippen molar-refractivity contribution in [3.05, 3.63) is 21.6 Å². The molecule has 0 radical (unpaired) electrons. The molecular formula is C10H18N4O3S2. The van der Waals surface area contributed by atoms with Gasteiger partial charge in [0, 0.05) is 44.2 Å². The number of nitrogens with zero attached hydrogens (tertiary/aromatic N) is 3. The average Bonchev–Trinajstić information content (AvgIpc) is 2.82. The molecular weight excluding hydrogens is 288 g/mol. The van der Waals surface area contributed by atoms with Crippen molar-refractivity contribution in [1.82, 2.24) is 10.2 Å². The summed E-state index contributed by atoms with van der Waals surface area (Å²) < 4.78 is 3.62. The molecule has 0 aliphatic carbocycles. The Balaban J connectivity index is 2.72. The van der Waals surface area contributed by atoms with Crippen LogP contribution in [-0.4, -0.2) is 52.3 Å². The molecule has 1 aliphatic heterocycles. The number of rotatable bonds is 7. The van der Waals surface area contributed by atoms with Gasteiger partial charge >= 0.3 is 0 Å². The molecule has 7 nitrogen and oxygen atoms in total. The molecule has 1 fully saturated rings. The minimum absolute atomic E-state index is 0.0295. The van der Waals surface area contributed by atoms with Gasteiger partial charge in [-0.1, -0.05) is 6.92 Å². The molecule has 9 heteroatoms. The molecule has 2 unspecified atom stereocenters. The lowest BCUT2D eigenvalue weighted by Crippen LogP contribution is -2.40. The highest BCUT2D eigenvalue weighted by atomic mass is 32.2. The number of thioether (sulfide) groups is 1. The fourth-order valence-electron chi connectivity index (χ4n) is 1.93. The van der Waals surface area contributed by atoms with Gasteiger partial charge < -0.3 is 10.0 Å². The van der Waals surface area contributed by atoms with Crippen LogP contribution < -0.4 is 5.32 Å². The molecule has 2 atom stereocenters. The van der Waals surface area contributed by atoms with E-state index in [9.17, 15) is 10.1 Å². The average molecular weight is 306 g/mol. The summed E-state index contributed by atoms with van der Waals surface area (Å²) in [5, 5.41) is 23.2. The van der Waals surface area contributed by atoms with Crippen molar-refractivity contribution in [2.24, 2.45) is 4.36 Å². The van der Waals surface area contributed by atoms with Crippen molar-refractivity contribution in [3.8, 4) is 0 Å². The third kappa shape index (κ3) is 4.37. The van der Waals surface area contributed by atoms with Gasteiger partial charge in [0.15, 0.2) is 0 Å². The SMILES string of the molecule is CCC(=C(N=S)N(C)CC1CSC(CO)N1)[N+](=O)[O-]. The molecule has 1 heterocycles. The summed E-state index contributed by atoms with van der Waals surface area (Å²) in [6, 6.07) is 0.156. The zero-order chi connectivity index (χ0) is 14.4. The lowest BCUT2D eigenvalue weighted by atomic mass is 10.3. The minimum Gasteiger partial charge on any atom is -0.394 e. The topological polar surface area (TPSA) is 91.0 Å². The standard InChI is InChI=1S/C10H18N4O3S2/c1-3-8(14(16)17)10(12-18)13(2)4-7-6-19-9(5-15)11-7/h7,9,11,15H,3-6H2,1-2H3. The molecule has 1 rings (SSSR count). The van der Waals surface area contributed by atoms with Gasteiger partial charge in [-0.05, 0) is 0 Å². The summed E-state index contributed by atoms with van der Waals surface area (Å²) >= 11 is 6.29. The Kier molecular flexibility index (Phi) is 6.63. The highest BCUT2D eigenvalue weighted by molar-refractivity contribution is 8.00. The molecule has 0 amide bonds. The third-order valence-corrected chi connectivity index (χ3v) is 4.30. The molecule has 0 saturated carbocycles. The van der Waals surface area contributed by atoms with E-state index in [4.69, 9.17) is 5.11 Å². The summed E-state index contributed by atoms with van der Waals surface area (Å²) in [4.78, 5) is 12.2. The predicted molar refractivity (Wildman–Crippen MR) is 77.0 cm³/mol. The first-order valence-electron chi connectivity index (χ1n) is 5.94. The number of aliphatic hydroxyl groups is 1. The number of allylic oxidation sites excluding steroid dienone is 1. The Labute approximate surface area is 121 Å². The normalized spacial score (nSPS) is 23.9. The lowest BCUT2D eigenvalue weighted by molar-refractivity contribution is -0.429. The van der Waals surface area contributed by atoms with E-state index in [0.717, 1.165) is 5.75 Å². The summed E-state index contributed by atoms with van der Waals surface area (Å²) in [6.45, 7) is 2.35. The van der Waals surface area contributed by atoms with Crippen molar-refractivity contribution in [2.45, 2.75) is 24.8 Å². The fourth-order valence-corrected chi connectivity index (χ4v) is 3.24. The van der Waals surface area contributed by atoms with E-state index in [-0.39, 0.29) is 36.0 Å². The van der Waals surface area contributed by atoms with Gasteiger partial charge in [-0.2, -0.15) is 4.36 Å². The Bertz CT molecular complexity index is 378. The molecule has 19 heavy (non-hydrogen) atoms. The molecule has 1 saturated heterocycles. The van der Waals surface area contributed by atoms with Crippen LogP contribution in [0.5, 0.6) is 0 Å². The van der Waals surface area contributed by atoms with Crippen LogP contribution in [-0.2, 0) is 12.4 Å². The predicted octanol–water partition coefficient (Wildman–Crippen LogP) is 0.528. The molecule has 0 spiro atoms. The van der Waals surface area contributed by atoms with Crippen LogP contribution in [0, 0.1) is 10.1 Å². The van der Waals surface area contributed by atoms with Crippen LogP contribution >= 0.6 is 11.8 Å². The highest BCUT2D eigenvalue weighted by Crippen LogP contribution is 2.21. The van der Waals surface area contributed by atoms with E-state index < -0.39 is 4.92 Å². The third-order valence-electron chi connectivity index (χ3n) is 2.84. The van der Waals surface area contributed by atoms with Crippen molar-refractivity contribution in [2.75, 3.05) is 26.0 Å². The van der Waals surface area contributed by atoms with Gasteiger partial charge in [0.1, 0.15) is 0 Å². The van der Waals surface area contributed by atoms with Crippen LogP contribution in [0.15, 0.2) is 15.9 Å². The second-order valence-electron chi connectivity index (χ2n) is 4.22. The first-order valence-corrected chi connectivity index (χ1v) is 7.35. The van der Waals surface area contributed by atoms with E-state index >= 15 is 0 Å². The van der Waals surface area contributed by atoms with Crippen LogP contribution in [0.1, 0.15) is 13.3 Å². The Morgan fingerprint density at radius 1 is 1.74 bits per heavy atom. The lowest BCUT2D eigenvalue weighted by Gasteiger charge is -2.22. The summed E-state index contributed by atoms with van der Waals surface area (Å²) in [6.07, 6.45) is 0.277. The van der Waals surface area contributed by atoms with Crippen molar-refractivity contribution >= 4 is 24.2 Å². The number of nitro groups is 1. The smallest absolute Gasteiger partial charge is 0.289 e. The Morgan fingerprint density at radius 3 is 2.84 bits per heavy atom. The number of hydrogen-bond donors (Lipinski definition) is 2. The van der Waals surface area contributed by atoms with Crippen molar-refractivity contribution in [1.29, 1.82) is 0 Å². The Hall–Kier alpha value is -0.770. The zero-order valence-electron chi connectivity index (χ0n) is 10.9. The van der Waals surface area contributed by atoms with Gasteiger partial charge in [-0.25, -0.2) is 0 Å². The molecule has 108 valence electrons. The largest absolute Gasteiger partial charge is 0.394 e. The maximum absolute atomic E-state index is 10.9. The van der Waals surface area contributed by atoms with Crippen LogP contribution in [0.3, 0.4) is 0 Å². The molecule has 0 aromatic heterocycles. The second-order valence-corrected chi connectivity index (χ2v) is 5.64. The molecule has 0 bridgehead atoms. The van der Waals surface area contributed by atoms with E-state index in [1.165, 1.54) is 0 Å². The van der Waals surface area contributed by atoms with Crippen LogP contribution in [0.25, 0.3) is 0 Å². The minimum atomic E-state index is -0.436. The van der Waals surface area contributed by atoms with Crippen LogP contribution in [0.2, 0.25) is 0 Å². The Morgan fingerprint density at radius 2 is 2.42 bits per heavy atom. The van der Waals surface area contributed by atoms with E-state index in [1.54, 1.807) is 30.6 Å². The molecule has 2 N–H and O–H groups in total. The number of aliphatic hydroxyl groups excluding tert-OH is 1. The van der Waals surface area contributed by atoms with E-state index in [2.05, 4.69) is 22.1 Å². The fraction of sp³-hybridized carbons (Fsp3) is 0.800. The van der Waals surface area contributed by atoms with E-state index in [1.807, 2.05) is 0 Å². The van der Waals surface area contributed by atoms with E-state index in [0.29, 0.717) is 6.54 Å². The van der Waals surface area contributed by atoms with Gasteiger partial charge in [0.25, 0.3) is 5.70 Å². The number of hydrogen-bond acceptors (Lipinski definition) is 8. The quantitative estimate of drug-likeness (QED) is 0.523. The highest BCUT2D eigenvalue weighted by Gasteiger charge is 2.27. The second kappa shape index (κ2) is 7.73. The van der Waals surface area contributed by atoms with Gasteiger partial charge in [-0.3, -0.25) is 15.4 Å². The zero-order valence-corrected chi connectivity index (χ0v) is 12.5. The first kappa shape index (κ1) is 16.3. The summed E-state index contributed by atoms with van der Waals surface area (Å²) in [5.74, 6) is 1.09. The molecule has 1 aliphatic rings. The van der Waals surface area contributed by atoms with Gasteiger partial charge in [0.2, 0.25) is 5.82 Å².